The summed E-state index contributed by atoms with van der Waals surface area (Å²) in [6.45, 7) is -0.0874. The molecule has 3 rings (SSSR count). The van der Waals surface area contributed by atoms with Crippen LogP contribution in [0.25, 0.3) is 0 Å². The van der Waals surface area contributed by atoms with Gasteiger partial charge in [-0.15, -0.1) is 0 Å². The van der Waals surface area contributed by atoms with Crippen LogP contribution in [0.5, 0.6) is 5.75 Å². The van der Waals surface area contributed by atoms with E-state index in [9.17, 15) is 22.8 Å². The van der Waals surface area contributed by atoms with Gasteiger partial charge in [0.25, 0.3) is 11.8 Å². The van der Waals surface area contributed by atoms with E-state index < -0.39 is 17.8 Å². The minimum absolute atomic E-state index is 0.0268. The van der Waals surface area contributed by atoms with Crippen molar-refractivity contribution in [1.82, 2.24) is 4.98 Å². The normalized spacial score (nSPS) is 13.5. The number of nitrogens with zero attached hydrogens (tertiary/aromatic N) is 1. The van der Waals surface area contributed by atoms with Gasteiger partial charge in [-0.05, 0) is 30.3 Å². The number of benzene rings is 1. The fraction of sp³-hybridized carbons (Fsp3) is 0.133. The number of hydrogen-bond donors (Lipinski definition) is 2. The van der Waals surface area contributed by atoms with E-state index in [1.54, 1.807) is 12.1 Å². The molecule has 0 fully saturated rings. The maximum Gasteiger partial charge on any atom is 0.433 e. The molecule has 0 saturated heterocycles. The zero-order valence-corrected chi connectivity index (χ0v) is 12.0. The Hall–Kier alpha value is -3.10. The quantitative estimate of drug-likeness (QED) is 0.883. The molecule has 1 aromatic heterocycles. The smallest absolute Gasteiger partial charge is 0.433 e. The van der Waals surface area contributed by atoms with Crippen LogP contribution in [0.3, 0.4) is 0 Å². The number of carbonyl (C=O) groups excluding carboxylic acids is 2. The number of rotatable bonds is 2. The Bertz CT molecular complexity index is 804. The molecule has 6 nitrogen and oxygen atoms in total. The van der Waals surface area contributed by atoms with Crippen LogP contribution in [0.1, 0.15) is 16.1 Å². The minimum Gasteiger partial charge on any atom is -0.482 e. The average molecular weight is 337 g/mol. The molecule has 0 saturated carbocycles. The molecular formula is C15H10F3N3O3. The zero-order valence-electron chi connectivity index (χ0n) is 12.0. The number of pyridine rings is 1. The number of alkyl halides is 3. The molecule has 1 aliphatic heterocycles. The molecule has 0 bridgehead atoms. The Morgan fingerprint density at radius 2 is 2.04 bits per heavy atom. The zero-order chi connectivity index (χ0) is 17.3. The summed E-state index contributed by atoms with van der Waals surface area (Å²) in [5.74, 6) is -0.485. The van der Waals surface area contributed by atoms with Gasteiger partial charge in [0.05, 0.1) is 11.3 Å². The van der Waals surface area contributed by atoms with Crippen LogP contribution in [-0.4, -0.2) is 23.4 Å². The molecule has 2 amide bonds. The van der Waals surface area contributed by atoms with Crippen molar-refractivity contribution in [2.45, 2.75) is 6.18 Å². The molecule has 2 N–H and O–H groups in total. The minimum atomic E-state index is -4.56. The summed E-state index contributed by atoms with van der Waals surface area (Å²) >= 11 is 0. The lowest BCUT2D eigenvalue weighted by Crippen LogP contribution is -2.25. The van der Waals surface area contributed by atoms with Gasteiger partial charge in [0.15, 0.2) is 6.61 Å². The first-order valence-corrected chi connectivity index (χ1v) is 6.74. The lowest BCUT2D eigenvalue weighted by molar-refractivity contribution is -0.141. The fourth-order valence-electron chi connectivity index (χ4n) is 2.06. The van der Waals surface area contributed by atoms with Crippen LogP contribution < -0.4 is 15.4 Å². The number of halogens is 3. The highest BCUT2D eigenvalue weighted by Crippen LogP contribution is 2.31. The van der Waals surface area contributed by atoms with Gasteiger partial charge in [-0.2, -0.15) is 13.2 Å². The van der Waals surface area contributed by atoms with E-state index in [0.29, 0.717) is 17.1 Å². The molecule has 1 aromatic carbocycles. The molecule has 9 heteroatoms. The van der Waals surface area contributed by atoms with Crippen molar-refractivity contribution in [2.24, 2.45) is 0 Å². The third-order valence-corrected chi connectivity index (χ3v) is 3.19. The number of hydrogen-bond acceptors (Lipinski definition) is 4. The van der Waals surface area contributed by atoms with Gasteiger partial charge in [-0.25, -0.2) is 0 Å². The lowest BCUT2D eigenvalue weighted by Gasteiger charge is -2.18. The van der Waals surface area contributed by atoms with Crippen LogP contribution in [-0.2, 0) is 11.0 Å². The molecule has 0 spiro atoms. The van der Waals surface area contributed by atoms with Gasteiger partial charge in [0, 0.05) is 11.9 Å². The predicted octanol–water partition coefficient (Wildman–Crippen LogP) is 2.68. The van der Waals surface area contributed by atoms with Crippen LogP contribution in [0.2, 0.25) is 0 Å². The fourth-order valence-corrected chi connectivity index (χ4v) is 2.06. The predicted molar refractivity (Wildman–Crippen MR) is 77.8 cm³/mol. The third-order valence-electron chi connectivity index (χ3n) is 3.19. The summed E-state index contributed by atoms with van der Waals surface area (Å²) in [5.41, 5.74) is -0.354. The summed E-state index contributed by atoms with van der Waals surface area (Å²) < 4.78 is 42.5. The Labute approximate surface area is 133 Å². The molecular weight excluding hydrogens is 327 g/mol. The van der Waals surface area contributed by atoms with Crippen LogP contribution >= 0.6 is 0 Å². The van der Waals surface area contributed by atoms with E-state index in [1.807, 2.05) is 0 Å². The number of nitrogens with one attached hydrogen (secondary N) is 2. The van der Waals surface area contributed by atoms with Crippen molar-refractivity contribution < 1.29 is 27.5 Å². The van der Waals surface area contributed by atoms with E-state index in [-0.39, 0.29) is 18.1 Å². The van der Waals surface area contributed by atoms with Crippen molar-refractivity contribution in [3.8, 4) is 5.75 Å². The van der Waals surface area contributed by atoms with Gasteiger partial charge in [-0.3, -0.25) is 14.6 Å². The summed E-state index contributed by atoms with van der Waals surface area (Å²) in [7, 11) is 0. The second-order valence-corrected chi connectivity index (χ2v) is 4.93. The van der Waals surface area contributed by atoms with Crippen molar-refractivity contribution >= 4 is 23.2 Å². The molecule has 0 aliphatic carbocycles. The number of anilines is 2. The first kappa shape index (κ1) is 15.8. The molecule has 0 unspecified atom stereocenters. The highest BCUT2D eigenvalue weighted by molar-refractivity contribution is 6.05. The standard InChI is InChI=1S/C15H10F3N3O3/c16-15(17,18)12-4-1-8(6-19-12)14(23)20-9-2-3-11-10(5-9)21-13(22)7-24-11/h1-6H,7H2,(H,20,23)(H,21,22). The number of amides is 2. The van der Waals surface area contributed by atoms with Crippen molar-refractivity contribution in [3.63, 3.8) is 0 Å². The second-order valence-electron chi connectivity index (χ2n) is 4.93. The van der Waals surface area contributed by atoms with Crippen molar-refractivity contribution in [1.29, 1.82) is 0 Å². The van der Waals surface area contributed by atoms with E-state index in [2.05, 4.69) is 15.6 Å². The van der Waals surface area contributed by atoms with Crippen molar-refractivity contribution in [2.75, 3.05) is 17.2 Å². The van der Waals surface area contributed by atoms with E-state index in [4.69, 9.17) is 4.74 Å². The topological polar surface area (TPSA) is 80.3 Å². The van der Waals surface area contributed by atoms with Gasteiger partial charge in [0.2, 0.25) is 0 Å². The highest BCUT2D eigenvalue weighted by atomic mass is 19.4. The molecule has 2 heterocycles. The molecule has 2 aromatic rings. The van der Waals surface area contributed by atoms with Gasteiger partial charge in [-0.1, -0.05) is 0 Å². The first-order valence-electron chi connectivity index (χ1n) is 6.74. The lowest BCUT2D eigenvalue weighted by atomic mass is 10.2. The van der Waals surface area contributed by atoms with E-state index in [1.165, 1.54) is 6.07 Å². The summed E-state index contributed by atoms with van der Waals surface area (Å²) in [6, 6.07) is 6.37. The first-order chi connectivity index (χ1) is 11.3. The molecule has 1 aliphatic rings. The number of fused-ring (bicyclic) bond motifs is 1. The van der Waals surface area contributed by atoms with Crippen LogP contribution in [0.4, 0.5) is 24.5 Å². The molecule has 0 radical (unpaired) electrons. The average Bonchev–Trinajstić information content (AvgIpc) is 2.53. The summed E-state index contributed by atoms with van der Waals surface area (Å²) in [4.78, 5) is 26.6. The van der Waals surface area contributed by atoms with Gasteiger partial charge in [0.1, 0.15) is 11.4 Å². The van der Waals surface area contributed by atoms with Crippen molar-refractivity contribution in [3.05, 3.63) is 47.8 Å². The Balaban J connectivity index is 1.75. The van der Waals surface area contributed by atoms with E-state index in [0.717, 1.165) is 18.3 Å². The Morgan fingerprint density at radius 3 is 2.71 bits per heavy atom. The van der Waals surface area contributed by atoms with Gasteiger partial charge < -0.3 is 15.4 Å². The molecule has 124 valence electrons. The maximum atomic E-state index is 12.5. The van der Waals surface area contributed by atoms with Crippen LogP contribution in [0, 0.1) is 0 Å². The largest absolute Gasteiger partial charge is 0.482 e. The number of aromatic nitrogens is 1. The van der Waals surface area contributed by atoms with Gasteiger partial charge >= 0.3 is 6.18 Å². The van der Waals surface area contributed by atoms with E-state index >= 15 is 0 Å². The maximum absolute atomic E-state index is 12.5. The highest BCUT2D eigenvalue weighted by Gasteiger charge is 2.32. The number of carbonyl (C=O) groups is 2. The number of ether oxygens (including phenoxy) is 1. The SMILES string of the molecule is O=C1COc2ccc(NC(=O)c3ccc(C(F)(F)F)nc3)cc2N1. The summed E-state index contributed by atoms with van der Waals surface area (Å²) in [6.07, 6.45) is -3.72. The molecule has 0 atom stereocenters. The van der Waals surface area contributed by atoms with Crippen LogP contribution in [0.15, 0.2) is 36.5 Å². The third kappa shape index (κ3) is 3.29. The molecule has 24 heavy (non-hydrogen) atoms. The summed E-state index contributed by atoms with van der Waals surface area (Å²) in [5, 5.41) is 5.10. The Kier molecular flexibility index (Phi) is 3.84. The monoisotopic (exact) mass is 337 g/mol. The Morgan fingerprint density at radius 1 is 1.25 bits per heavy atom. The second kappa shape index (κ2) is 5.84.